The van der Waals surface area contributed by atoms with E-state index in [1.165, 1.54) is 4.90 Å². The molecule has 23 heavy (non-hydrogen) atoms. The summed E-state index contributed by atoms with van der Waals surface area (Å²) < 4.78 is 42.8. The van der Waals surface area contributed by atoms with Gasteiger partial charge in [-0.2, -0.15) is 13.2 Å². The smallest absolute Gasteiger partial charge is 0.408 e. The molecule has 1 fully saturated rings. The molecule has 4 nitrogen and oxygen atoms in total. The van der Waals surface area contributed by atoms with Gasteiger partial charge in [-0.05, 0) is 37.3 Å². The maximum atomic E-state index is 12.5. The van der Waals surface area contributed by atoms with Gasteiger partial charge in [0, 0.05) is 13.1 Å². The highest BCUT2D eigenvalue weighted by Gasteiger charge is 2.38. The third-order valence-corrected chi connectivity index (χ3v) is 4.19. The number of carbonyl (C=O) groups excluding carboxylic acids is 1. The summed E-state index contributed by atoms with van der Waals surface area (Å²) in [6.45, 7) is 1.80. The van der Waals surface area contributed by atoms with Gasteiger partial charge in [-0.15, -0.1) is 0 Å². The van der Waals surface area contributed by atoms with E-state index in [2.05, 4.69) is 0 Å². The summed E-state index contributed by atoms with van der Waals surface area (Å²) in [6, 6.07) is 5.20. The Morgan fingerprint density at radius 1 is 1.30 bits per heavy atom. The second-order valence-corrected chi connectivity index (χ2v) is 5.72. The number of carbonyl (C=O) groups is 1. The van der Waals surface area contributed by atoms with Gasteiger partial charge in [0.2, 0.25) is 0 Å². The van der Waals surface area contributed by atoms with Crippen molar-refractivity contribution in [2.45, 2.75) is 37.9 Å². The number of methoxy groups -OCH3 is 1. The Kier molecular flexibility index (Phi) is 5.38. The summed E-state index contributed by atoms with van der Waals surface area (Å²) in [7, 11) is 1.61. The zero-order chi connectivity index (χ0) is 17.0. The Morgan fingerprint density at radius 3 is 2.48 bits per heavy atom. The van der Waals surface area contributed by atoms with Gasteiger partial charge in [-0.25, -0.2) is 4.79 Å². The standard InChI is InChI=1S/C16H21F3N2O2/c1-11(16(17,18)19)20-15(22)21-9-7-12(8-10-21)13-5-3-4-6-14(13)23-2/h3-6,11-12H,7-10H2,1-2H3,(H,20,22)/t11-/m1/s1. The third-order valence-electron chi connectivity index (χ3n) is 4.19. The van der Waals surface area contributed by atoms with Crippen molar-refractivity contribution in [2.75, 3.05) is 20.2 Å². The largest absolute Gasteiger partial charge is 0.496 e. The van der Waals surface area contributed by atoms with E-state index in [1.54, 1.807) is 7.11 Å². The Morgan fingerprint density at radius 2 is 1.91 bits per heavy atom. The van der Waals surface area contributed by atoms with E-state index < -0.39 is 18.2 Å². The molecule has 0 unspecified atom stereocenters. The molecule has 1 N–H and O–H groups in total. The molecule has 1 aromatic rings. The molecule has 2 amide bonds. The van der Waals surface area contributed by atoms with Gasteiger partial charge < -0.3 is 15.0 Å². The molecule has 7 heteroatoms. The Hall–Kier alpha value is -1.92. The predicted molar refractivity (Wildman–Crippen MR) is 80.6 cm³/mol. The lowest BCUT2D eigenvalue weighted by atomic mass is 9.89. The lowest BCUT2D eigenvalue weighted by Crippen LogP contribution is -2.51. The normalized spacial score (nSPS) is 17.7. The molecule has 0 spiro atoms. The summed E-state index contributed by atoms with van der Waals surface area (Å²) in [5, 5.41) is 2.00. The molecule has 1 aliphatic rings. The fraction of sp³-hybridized carbons (Fsp3) is 0.562. The molecule has 1 saturated heterocycles. The predicted octanol–water partition coefficient (Wildman–Crippen LogP) is 3.54. The average molecular weight is 330 g/mol. The minimum Gasteiger partial charge on any atom is -0.496 e. The molecule has 0 aromatic heterocycles. The molecule has 1 atom stereocenters. The molecule has 1 heterocycles. The van der Waals surface area contributed by atoms with Crippen LogP contribution in [-0.4, -0.2) is 43.3 Å². The van der Waals surface area contributed by atoms with Crippen LogP contribution in [0, 0.1) is 0 Å². The maximum Gasteiger partial charge on any atom is 0.408 e. The first-order valence-electron chi connectivity index (χ1n) is 7.58. The van der Waals surface area contributed by atoms with Crippen molar-refractivity contribution in [3.63, 3.8) is 0 Å². The van der Waals surface area contributed by atoms with Crippen molar-refractivity contribution >= 4 is 6.03 Å². The highest BCUT2D eigenvalue weighted by Crippen LogP contribution is 2.34. The van der Waals surface area contributed by atoms with Gasteiger partial charge >= 0.3 is 12.2 Å². The summed E-state index contributed by atoms with van der Waals surface area (Å²) in [4.78, 5) is 13.4. The minimum atomic E-state index is -4.43. The first kappa shape index (κ1) is 17.4. The van der Waals surface area contributed by atoms with Crippen LogP contribution in [-0.2, 0) is 0 Å². The van der Waals surface area contributed by atoms with E-state index in [4.69, 9.17) is 4.74 Å². The SMILES string of the molecule is COc1ccccc1C1CCN(C(=O)N[C@H](C)C(F)(F)F)CC1. The van der Waals surface area contributed by atoms with Crippen molar-refractivity contribution in [1.82, 2.24) is 10.2 Å². The van der Waals surface area contributed by atoms with Gasteiger partial charge in [0.1, 0.15) is 11.8 Å². The van der Waals surface area contributed by atoms with Crippen molar-refractivity contribution in [2.24, 2.45) is 0 Å². The van der Waals surface area contributed by atoms with Crippen molar-refractivity contribution in [3.05, 3.63) is 29.8 Å². The highest BCUT2D eigenvalue weighted by molar-refractivity contribution is 5.74. The van der Waals surface area contributed by atoms with Crippen LogP contribution in [0.5, 0.6) is 5.75 Å². The molecule has 0 aliphatic carbocycles. The van der Waals surface area contributed by atoms with Crippen LogP contribution in [0.15, 0.2) is 24.3 Å². The maximum absolute atomic E-state index is 12.5. The number of likely N-dealkylation sites (tertiary alicyclic amines) is 1. The average Bonchev–Trinajstić information content (AvgIpc) is 2.54. The Labute approximate surface area is 133 Å². The number of alkyl halides is 3. The van der Waals surface area contributed by atoms with E-state index >= 15 is 0 Å². The highest BCUT2D eigenvalue weighted by atomic mass is 19.4. The number of ether oxygens (including phenoxy) is 1. The van der Waals surface area contributed by atoms with E-state index in [0.29, 0.717) is 25.9 Å². The molecule has 2 rings (SSSR count). The zero-order valence-corrected chi connectivity index (χ0v) is 13.2. The van der Waals surface area contributed by atoms with E-state index in [1.807, 2.05) is 29.6 Å². The number of rotatable bonds is 3. The number of benzene rings is 1. The molecular formula is C16H21F3N2O2. The molecule has 0 radical (unpaired) electrons. The van der Waals surface area contributed by atoms with Crippen LogP contribution >= 0.6 is 0 Å². The van der Waals surface area contributed by atoms with E-state index in [9.17, 15) is 18.0 Å². The van der Waals surface area contributed by atoms with Crippen molar-refractivity contribution < 1.29 is 22.7 Å². The Bertz CT molecular complexity index is 540. The van der Waals surface area contributed by atoms with Gasteiger partial charge in [0.05, 0.1) is 7.11 Å². The van der Waals surface area contributed by atoms with Crippen molar-refractivity contribution in [1.29, 1.82) is 0 Å². The zero-order valence-electron chi connectivity index (χ0n) is 13.2. The first-order valence-corrected chi connectivity index (χ1v) is 7.58. The lowest BCUT2D eigenvalue weighted by molar-refractivity contribution is -0.149. The number of nitrogens with one attached hydrogen (secondary N) is 1. The number of hydrogen-bond donors (Lipinski definition) is 1. The second kappa shape index (κ2) is 7.10. The van der Waals surface area contributed by atoms with Crippen LogP contribution < -0.4 is 10.1 Å². The monoisotopic (exact) mass is 330 g/mol. The number of halogens is 3. The number of piperidine rings is 1. The topological polar surface area (TPSA) is 41.6 Å². The van der Waals surface area contributed by atoms with Crippen LogP contribution in [0.25, 0.3) is 0 Å². The lowest BCUT2D eigenvalue weighted by Gasteiger charge is -2.33. The summed E-state index contributed by atoms with van der Waals surface area (Å²) >= 11 is 0. The molecular weight excluding hydrogens is 309 g/mol. The quantitative estimate of drug-likeness (QED) is 0.921. The third kappa shape index (κ3) is 4.30. The van der Waals surface area contributed by atoms with Gasteiger partial charge in [0.15, 0.2) is 0 Å². The molecule has 1 aliphatic heterocycles. The molecule has 0 bridgehead atoms. The van der Waals surface area contributed by atoms with Crippen molar-refractivity contribution in [3.8, 4) is 5.75 Å². The number of para-hydroxylation sites is 1. The second-order valence-electron chi connectivity index (χ2n) is 5.72. The number of nitrogens with zero attached hydrogens (tertiary/aromatic N) is 1. The molecule has 0 saturated carbocycles. The number of amides is 2. The summed E-state index contributed by atoms with van der Waals surface area (Å²) in [5.41, 5.74) is 1.08. The number of urea groups is 1. The van der Waals surface area contributed by atoms with Crippen LogP contribution in [0.3, 0.4) is 0 Å². The Balaban J connectivity index is 1.92. The van der Waals surface area contributed by atoms with E-state index in [-0.39, 0.29) is 5.92 Å². The van der Waals surface area contributed by atoms with Crippen LogP contribution in [0.4, 0.5) is 18.0 Å². The summed E-state index contributed by atoms with van der Waals surface area (Å²) in [6.07, 6.45) is -3.02. The van der Waals surface area contributed by atoms with Crippen LogP contribution in [0.2, 0.25) is 0 Å². The molecule has 128 valence electrons. The fourth-order valence-corrected chi connectivity index (χ4v) is 2.76. The van der Waals surface area contributed by atoms with Gasteiger partial charge in [-0.1, -0.05) is 18.2 Å². The summed E-state index contributed by atoms with van der Waals surface area (Å²) in [5.74, 6) is 1.05. The first-order chi connectivity index (χ1) is 10.8. The number of hydrogen-bond acceptors (Lipinski definition) is 2. The van der Waals surface area contributed by atoms with Crippen LogP contribution in [0.1, 0.15) is 31.2 Å². The fourth-order valence-electron chi connectivity index (χ4n) is 2.76. The van der Waals surface area contributed by atoms with Gasteiger partial charge in [-0.3, -0.25) is 0 Å². The van der Waals surface area contributed by atoms with E-state index in [0.717, 1.165) is 18.2 Å². The molecule has 1 aromatic carbocycles. The minimum absolute atomic E-state index is 0.246. The van der Waals surface area contributed by atoms with Gasteiger partial charge in [0.25, 0.3) is 0 Å².